The number of aromatic nitrogens is 3. The van der Waals surface area contributed by atoms with E-state index in [4.69, 9.17) is 23.8 Å². The fourth-order valence-electron chi connectivity index (χ4n) is 3.30. The molecule has 3 rings (SSSR count). The van der Waals surface area contributed by atoms with Gasteiger partial charge in [-0.05, 0) is 55.7 Å². The van der Waals surface area contributed by atoms with E-state index >= 15 is 0 Å². The summed E-state index contributed by atoms with van der Waals surface area (Å²) in [5.41, 5.74) is 0.929. The van der Waals surface area contributed by atoms with Gasteiger partial charge in [0.15, 0.2) is 10.6 Å². The van der Waals surface area contributed by atoms with Crippen molar-refractivity contribution in [2.45, 2.75) is 58.2 Å². The Bertz CT molecular complexity index is 922. The molecule has 0 saturated carbocycles. The zero-order valence-electron chi connectivity index (χ0n) is 16.5. The number of unbranched alkanes of at least 4 members (excludes halogenated alkanes) is 1. The third kappa shape index (κ3) is 5.45. The molecular weight excluding hydrogens is 410 g/mol. The summed E-state index contributed by atoms with van der Waals surface area (Å²) in [6, 6.07) is 7.04. The fraction of sp³-hybridized carbons (Fsp3) is 0.500. The summed E-state index contributed by atoms with van der Waals surface area (Å²) in [4.78, 5) is 24.1. The number of carbonyl (C=O) groups is 2. The molecule has 1 aliphatic heterocycles. The zero-order chi connectivity index (χ0) is 20.8. The van der Waals surface area contributed by atoms with Crippen LogP contribution in [0.5, 0.6) is 0 Å². The first-order valence-electron chi connectivity index (χ1n) is 10.00. The second-order valence-electron chi connectivity index (χ2n) is 7.14. The normalized spacial score (nSPS) is 16.5. The molecule has 1 atom stereocenters. The number of carbonyl (C=O) groups excluding carboxylic acids is 2. The Morgan fingerprint density at radius 3 is 2.79 bits per heavy atom. The van der Waals surface area contributed by atoms with E-state index in [0.29, 0.717) is 29.3 Å². The van der Waals surface area contributed by atoms with E-state index < -0.39 is 6.04 Å². The van der Waals surface area contributed by atoms with Crippen LogP contribution in [-0.4, -0.2) is 38.7 Å². The van der Waals surface area contributed by atoms with Crippen molar-refractivity contribution >= 4 is 35.6 Å². The number of benzene rings is 1. The summed E-state index contributed by atoms with van der Waals surface area (Å²) in [5.74, 6) is 0.479. The Labute approximate surface area is 180 Å². The molecule has 156 valence electrons. The van der Waals surface area contributed by atoms with Crippen molar-refractivity contribution < 1.29 is 9.59 Å². The Balaban J connectivity index is 1.73. The zero-order valence-corrected chi connectivity index (χ0v) is 18.1. The monoisotopic (exact) mass is 435 g/mol. The minimum absolute atomic E-state index is 0.116. The van der Waals surface area contributed by atoms with Crippen LogP contribution >= 0.6 is 23.8 Å². The second-order valence-corrected chi connectivity index (χ2v) is 7.95. The molecule has 0 aliphatic carbocycles. The van der Waals surface area contributed by atoms with Crippen LogP contribution in [0.1, 0.15) is 39.0 Å². The van der Waals surface area contributed by atoms with Crippen LogP contribution in [0.2, 0.25) is 5.02 Å². The molecule has 29 heavy (non-hydrogen) atoms. The van der Waals surface area contributed by atoms with Gasteiger partial charge in [-0.3, -0.25) is 14.2 Å². The van der Waals surface area contributed by atoms with Crippen molar-refractivity contribution in [1.82, 2.24) is 25.0 Å². The molecule has 2 N–H and O–H groups in total. The minimum Gasteiger partial charge on any atom is -0.354 e. The van der Waals surface area contributed by atoms with Gasteiger partial charge >= 0.3 is 0 Å². The Hall–Kier alpha value is -2.19. The molecule has 9 heteroatoms. The summed E-state index contributed by atoms with van der Waals surface area (Å²) in [6.45, 7) is 3.92. The van der Waals surface area contributed by atoms with Crippen molar-refractivity contribution in [3.05, 3.63) is 34.1 Å². The molecule has 1 fully saturated rings. The van der Waals surface area contributed by atoms with E-state index in [1.807, 2.05) is 28.8 Å². The smallest absolute Gasteiger partial charge is 0.242 e. The van der Waals surface area contributed by atoms with Gasteiger partial charge in [0.2, 0.25) is 11.8 Å². The van der Waals surface area contributed by atoms with E-state index in [0.717, 1.165) is 37.2 Å². The van der Waals surface area contributed by atoms with Gasteiger partial charge in [0, 0.05) is 30.1 Å². The molecule has 0 spiro atoms. The minimum atomic E-state index is -0.448. The second kappa shape index (κ2) is 10.0. The first-order valence-corrected chi connectivity index (χ1v) is 10.8. The average molecular weight is 436 g/mol. The number of hydrogen-bond donors (Lipinski definition) is 2. The maximum absolute atomic E-state index is 12.3. The van der Waals surface area contributed by atoms with Crippen LogP contribution in [0.15, 0.2) is 24.3 Å². The van der Waals surface area contributed by atoms with Crippen LogP contribution in [0.3, 0.4) is 0 Å². The third-order valence-corrected chi connectivity index (χ3v) is 5.61. The van der Waals surface area contributed by atoms with Gasteiger partial charge in [0.25, 0.3) is 0 Å². The Kier molecular flexibility index (Phi) is 7.44. The van der Waals surface area contributed by atoms with Gasteiger partial charge in [-0.2, -0.15) is 5.10 Å². The third-order valence-electron chi connectivity index (χ3n) is 4.93. The van der Waals surface area contributed by atoms with Gasteiger partial charge in [-0.1, -0.05) is 24.9 Å². The molecule has 0 radical (unpaired) electrons. The van der Waals surface area contributed by atoms with Crippen molar-refractivity contribution in [1.29, 1.82) is 0 Å². The van der Waals surface area contributed by atoms with Crippen LogP contribution in [0, 0.1) is 4.77 Å². The van der Waals surface area contributed by atoms with Crippen LogP contribution < -0.4 is 10.6 Å². The number of piperidine rings is 1. The van der Waals surface area contributed by atoms with E-state index in [9.17, 15) is 9.59 Å². The largest absolute Gasteiger partial charge is 0.354 e. The molecule has 1 unspecified atom stereocenters. The highest BCUT2D eigenvalue weighted by Crippen LogP contribution is 2.21. The molecule has 2 aromatic rings. The number of aryl methyl sites for hydroxylation is 1. The van der Waals surface area contributed by atoms with Gasteiger partial charge < -0.3 is 10.6 Å². The summed E-state index contributed by atoms with van der Waals surface area (Å²) in [6.07, 6.45) is 3.77. The van der Waals surface area contributed by atoms with E-state index in [1.54, 1.807) is 4.68 Å². The molecule has 2 heterocycles. The highest BCUT2D eigenvalue weighted by atomic mass is 35.5. The lowest BCUT2D eigenvalue weighted by molar-refractivity contribution is -0.130. The number of hydrogen-bond acceptors (Lipinski definition) is 4. The lowest BCUT2D eigenvalue weighted by atomic mass is 10.1. The molecule has 0 bridgehead atoms. The standard InChI is InChI=1S/C20H26ClN5O2S/c1-2-3-12-25-18(14-6-8-15(21)9-7-14)24-26(20(25)29)13-10-17(27)23-16-5-4-11-22-19(16)28/h6-9,16H,2-5,10-13H2,1H3,(H,22,28)(H,23,27). The SMILES string of the molecule is CCCCn1c(-c2ccc(Cl)cc2)nn(CCC(=O)NC2CCCNC2=O)c1=S. The number of halogens is 1. The summed E-state index contributed by atoms with van der Waals surface area (Å²) in [5, 5.41) is 10.9. The number of nitrogens with zero attached hydrogens (tertiary/aromatic N) is 3. The van der Waals surface area contributed by atoms with Crippen LogP contribution in [0.25, 0.3) is 11.4 Å². The van der Waals surface area contributed by atoms with Crippen molar-refractivity contribution in [2.24, 2.45) is 0 Å². The fourth-order valence-corrected chi connectivity index (χ4v) is 3.74. The highest BCUT2D eigenvalue weighted by molar-refractivity contribution is 7.71. The predicted octanol–water partition coefficient (Wildman–Crippen LogP) is 3.32. The molecule has 2 amide bonds. The number of nitrogens with one attached hydrogen (secondary N) is 2. The molecular formula is C20H26ClN5O2S. The van der Waals surface area contributed by atoms with Crippen LogP contribution in [-0.2, 0) is 22.7 Å². The Morgan fingerprint density at radius 2 is 2.10 bits per heavy atom. The lowest BCUT2D eigenvalue weighted by Crippen LogP contribution is -2.50. The van der Waals surface area contributed by atoms with Crippen molar-refractivity contribution in [3.8, 4) is 11.4 Å². The van der Waals surface area contributed by atoms with Crippen molar-refractivity contribution in [3.63, 3.8) is 0 Å². The quantitative estimate of drug-likeness (QED) is 0.623. The average Bonchev–Trinajstić information content (AvgIpc) is 3.02. The van der Waals surface area contributed by atoms with Gasteiger partial charge in [-0.15, -0.1) is 0 Å². The van der Waals surface area contributed by atoms with Gasteiger partial charge in [-0.25, -0.2) is 4.68 Å². The predicted molar refractivity (Wildman–Crippen MR) is 115 cm³/mol. The summed E-state index contributed by atoms with van der Waals surface area (Å²) >= 11 is 11.6. The summed E-state index contributed by atoms with van der Waals surface area (Å²) < 4.78 is 4.29. The maximum atomic E-state index is 12.3. The maximum Gasteiger partial charge on any atom is 0.242 e. The molecule has 1 aliphatic rings. The molecule has 7 nitrogen and oxygen atoms in total. The lowest BCUT2D eigenvalue weighted by Gasteiger charge is -2.22. The topological polar surface area (TPSA) is 81.0 Å². The van der Waals surface area contributed by atoms with Crippen LogP contribution in [0.4, 0.5) is 0 Å². The van der Waals surface area contributed by atoms with Crippen molar-refractivity contribution in [2.75, 3.05) is 6.54 Å². The van der Waals surface area contributed by atoms with Gasteiger partial charge in [0.1, 0.15) is 6.04 Å². The molecule has 1 aromatic carbocycles. The first kappa shape index (κ1) is 21.5. The van der Waals surface area contributed by atoms with E-state index in [1.165, 1.54) is 0 Å². The summed E-state index contributed by atoms with van der Waals surface area (Å²) in [7, 11) is 0. The molecule has 1 saturated heterocycles. The molecule has 1 aromatic heterocycles. The number of amides is 2. The number of rotatable bonds is 8. The van der Waals surface area contributed by atoms with Gasteiger partial charge in [0.05, 0.1) is 6.54 Å². The van der Waals surface area contributed by atoms with E-state index in [-0.39, 0.29) is 18.2 Å². The first-order chi connectivity index (χ1) is 14.0. The van der Waals surface area contributed by atoms with E-state index in [2.05, 4.69) is 22.7 Å². The highest BCUT2D eigenvalue weighted by Gasteiger charge is 2.23. The Morgan fingerprint density at radius 1 is 1.34 bits per heavy atom.